The molecule has 0 saturated heterocycles. The number of aryl methyl sites for hydroxylation is 6. The van der Waals surface area contributed by atoms with Gasteiger partial charge in [-0.3, -0.25) is 5.10 Å². The highest BCUT2D eigenvalue weighted by atomic mass is 32.1. The van der Waals surface area contributed by atoms with E-state index in [4.69, 9.17) is 4.42 Å². The van der Waals surface area contributed by atoms with Gasteiger partial charge in [-0.25, -0.2) is 0 Å². The topological polar surface area (TPSA) is 96.5 Å². The first kappa shape index (κ1) is 30.3. The lowest BCUT2D eigenvalue weighted by atomic mass is 10.4. The van der Waals surface area contributed by atoms with Crippen LogP contribution in [0.15, 0.2) is 98.9 Å². The Hall–Kier alpha value is -3.69. The molecule has 0 spiro atoms. The zero-order valence-electron chi connectivity index (χ0n) is 21.6. The van der Waals surface area contributed by atoms with Crippen molar-refractivity contribution in [3.05, 3.63) is 124 Å². The van der Waals surface area contributed by atoms with Crippen molar-refractivity contribution in [2.45, 2.75) is 41.5 Å². The Labute approximate surface area is 221 Å². The minimum absolute atomic E-state index is 0.926. The average Bonchev–Trinajstić information content (AvgIpc) is 3.67. The average molecular weight is 526 g/mol. The molecule has 6 aromatic heterocycles. The first-order chi connectivity index (χ1) is 17.4. The molecule has 6 heterocycles. The summed E-state index contributed by atoms with van der Waals surface area (Å²) in [5, 5.41) is 16.2. The molecule has 0 saturated carbocycles. The van der Waals surface area contributed by atoms with Crippen molar-refractivity contribution in [2.75, 3.05) is 0 Å². The van der Waals surface area contributed by atoms with E-state index in [1.807, 2.05) is 69.7 Å². The number of aromatic nitrogens is 5. The zero-order valence-corrected chi connectivity index (χ0v) is 23.3. The van der Waals surface area contributed by atoms with Gasteiger partial charge in [-0.2, -0.15) is 20.8 Å². The van der Waals surface area contributed by atoms with Gasteiger partial charge in [0.2, 0.25) is 0 Å². The van der Waals surface area contributed by atoms with Gasteiger partial charge in [0.05, 0.1) is 23.9 Å². The fourth-order valence-corrected chi connectivity index (χ4v) is 3.15. The molecule has 0 fully saturated rings. The molecule has 0 bridgehead atoms. The Morgan fingerprint density at radius 2 is 1.61 bits per heavy atom. The van der Waals surface area contributed by atoms with Crippen LogP contribution in [0.25, 0.3) is 0 Å². The first-order valence-corrected chi connectivity index (χ1v) is 12.9. The molecule has 2 N–H and O–H groups in total. The Bertz CT molecular complexity index is 914. The van der Waals surface area contributed by atoms with Crippen molar-refractivity contribution in [3.8, 4) is 0 Å². The molecule has 0 aromatic carbocycles. The molecule has 9 heteroatoms. The molecule has 6 rings (SSSR count). The largest absolute Gasteiger partial charge is 0.472 e. The highest BCUT2D eigenvalue weighted by Gasteiger charge is 1.78. The summed E-state index contributed by atoms with van der Waals surface area (Å²) in [4.78, 5) is 2.93. The van der Waals surface area contributed by atoms with Crippen molar-refractivity contribution in [3.63, 3.8) is 0 Å². The third-order valence-corrected chi connectivity index (χ3v) is 5.31. The summed E-state index contributed by atoms with van der Waals surface area (Å²) in [6.07, 6.45) is 10.5. The van der Waals surface area contributed by atoms with Crippen molar-refractivity contribution in [1.82, 2.24) is 24.7 Å². The number of furan rings is 1. The van der Waals surface area contributed by atoms with Gasteiger partial charge in [0.1, 0.15) is 6.26 Å². The molecule has 0 amide bonds. The quantitative estimate of drug-likeness (QED) is 0.209. The maximum atomic E-state index is 4.71. The molecule has 0 radical (unpaired) electrons. The number of aromatic amines is 2. The fraction of sp³-hybridized carbons (Fsp3) is 0.222. The van der Waals surface area contributed by atoms with Crippen molar-refractivity contribution >= 4 is 22.9 Å². The molecule has 0 atom stereocenters. The van der Waals surface area contributed by atoms with Crippen LogP contribution in [0.1, 0.15) is 33.8 Å². The van der Waals surface area contributed by atoms with E-state index in [1.165, 1.54) is 28.2 Å². The van der Waals surface area contributed by atoms with Crippen LogP contribution in [-0.2, 0) is 0 Å². The Morgan fingerprint density at radius 1 is 0.778 bits per heavy atom. The normalized spacial score (nSPS) is 8.83. The molecule has 0 aliphatic carbocycles. The highest BCUT2D eigenvalue weighted by molar-refractivity contribution is 7.07. The van der Waals surface area contributed by atoms with Gasteiger partial charge >= 0.3 is 0 Å². The Morgan fingerprint density at radius 3 is 1.78 bits per heavy atom. The summed E-state index contributed by atoms with van der Waals surface area (Å²) in [7, 11) is 0. The van der Waals surface area contributed by atoms with E-state index in [0.717, 1.165) is 17.1 Å². The van der Waals surface area contributed by atoms with E-state index >= 15 is 0 Å². The second-order valence-electron chi connectivity index (χ2n) is 7.51. The molecular weight excluding hydrogens is 490 g/mol. The van der Waals surface area contributed by atoms with Gasteiger partial charge < -0.3 is 13.9 Å². The minimum atomic E-state index is 0.926. The van der Waals surface area contributed by atoms with E-state index in [2.05, 4.69) is 59.9 Å². The number of hydrogen-bond acceptors (Lipinski definition) is 7. The van der Waals surface area contributed by atoms with Crippen LogP contribution in [0.3, 0.4) is 0 Å². The van der Waals surface area contributed by atoms with Gasteiger partial charge in [0.15, 0.2) is 0 Å². The lowest BCUT2D eigenvalue weighted by molar-refractivity contribution is 0.415. The smallest absolute Gasteiger partial charge is 0.124 e. The number of hydrogen-bond donors (Lipinski definition) is 2. The SMILES string of the molecule is Cc1cc[nH]c1.Cc1ccn[nH]1.Cc1ccoc1.Cc1ccon1.Cc1ccsc1.Cc1ccsn1. The van der Waals surface area contributed by atoms with Gasteiger partial charge in [-0.05, 0) is 111 Å². The number of thiophene rings is 1. The van der Waals surface area contributed by atoms with Crippen molar-refractivity contribution in [2.24, 2.45) is 0 Å². The maximum Gasteiger partial charge on any atom is 0.124 e. The number of H-pyrrole nitrogens is 2. The standard InChI is InChI=1S/C5H7N.C5H6O.C5H6S.C4H6N2.C4H5NO.C4H5NS/c3*1-5-2-3-6-4-5;1-4-2-3-5-6-4;2*1-4-2-3-6-5-4/h2-4,6H,1H3;2*2-4H,1H3;2-3H,1H3,(H,5,6);2*2-3H,1H3. The van der Waals surface area contributed by atoms with Crippen molar-refractivity contribution < 1.29 is 8.94 Å². The Kier molecular flexibility index (Phi) is 16.5. The summed E-state index contributed by atoms with van der Waals surface area (Å²) >= 11 is 3.23. The van der Waals surface area contributed by atoms with Crippen molar-refractivity contribution in [1.29, 1.82) is 0 Å². The minimum Gasteiger partial charge on any atom is -0.472 e. The zero-order chi connectivity index (χ0) is 26.4. The molecule has 7 nitrogen and oxygen atoms in total. The first-order valence-electron chi connectivity index (χ1n) is 11.1. The van der Waals surface area contributed by atoms with E-state index in [9.17, 15) is 0 Å². The monoisotopic (exact) mass is 525 g/mol. The summed E-state index contributed by atoms with van der Waals surface area (Å²) in [6.45, 7) is 12.0. The third kappa shape index (κ3) is 17.7. The Balaban J connectivity index is 0.000000216. The van der Waals surface area contributed by atoms with Crippen LogP contribution >= 0.6 is 22.9 Å². The fourth-order valence-electron chi connectivity index (χ4n) is 1.94. The van der Waals surface area contributed by atoms with Gasteiger partial charge in [-0.1, -0.05) is 5.16 Å². The van der Waals surface area contributed by atoms with Gasteiger partial charge in [-0.15, -0.1) is 0 Å². The molecule has 0 aliphatic rings. The second kappa shape index (κ2) is 19.6. The lowest BCUT2D eigenvalue weighted by Crippen LogP contribution is -1.65. The summed E-state index contributed by atoms with van der Waals surface area (Å²) in [5.41, 5.74) is 6.97. The number of nitrogens with one attached hydrogen (secondary N) is 2. The summed E-state index contributed by atoms with van der Waals surface area (Å²) in [6, 6.07) is 11.8. The van der Waals surface area contributed by atoms with E-state index in [-0.39, 0.29) is 0 Å². The second-order valence-corrected chi connectivity index (χ2v) is 8.96. The van der Waals surface area contributed by atoms with E-state index in [1.54, 1.807) is 42.4 Å². The van der Waals surface area contributed by atoms with Crippen LogP contribution in [0.4, 0.5) is 0 Å². The highest BCUT2D eigenvalue weighted by Crippen LogP contribution is 2.01. The molecule has 0 aliphatic heterocycles. The van der Waals surface area contributed by atoms with E-state index < -0.39 is 0 Å². The van der Waals surface area contributed by atoms with Crippen LogP contribution in [0.2, 0.25) is 0 Å². The molecule has 192 valence electrons. The van der Waals surface area contributed by atoms with Crippen LogP contribution in [0, 0.1) is 41.5 Å². The maximum absolute atomic E-state index is 4.71. The van der Waals surface area contributed by atoms with Crippen LogP contribution in [0.5, 0.6) is 0 Å². The van der Waals surface area contributed by atoms with Gasteiger partial charge in [0.25, 0.3) is 0 Å². The molecule has 0 unspecified atom stereocenters. The lowest BCUT2D eigenvalue weighted by Gasteiger charge is -1.68. The van der Waals surface area contributed by atoms with Crippen LogP contribution in [-0.4, -0.2) is 24.7 Å². The van der Waals surface area contributed by atoms with Gasteiger partial charge in [0, 0.05) is 35.7 Å². The summed E-state index contributed by atoms with van der Waals surface area (Å²) < 4.78 is 13.1. The van der Waals surface area contributed by atoms with Crippen LogP contribution < -0.4 is 0 Å². The number of nitrogens with zero attached hydrogens (tertiary/aromatic N) is 3. The third-order valence-electron chi connectivity index (χ3n) is 3.85. The molecule has 6 aromatic rings. The molecular formula is C27H35N5O2S2. The van der Waals surface area contributed by atoms with E-state index in [0.29, 0.717) is 0 Å². The number of rotatable bonds is 0. The predicted octanol–water partition coefficient (Wildman–Crippen LogP) is 8.12. The molecule has 36 heavy (non-hydrogen) atoms. The summed E-state index contributed by atoms with van der Waals surface area (Å²) in [5.74, 6) is 0. The predicted molar refractivity (Wildman–Crippen MR) is 149 cm³/mol.